The minimum atomic E-state index is -1.02. The molecule has 2 rings (SSSR count). The van der Waals surface area contributed by atoms with Gasteiger partial charge < -0.3 is 18.7 Å². The zero-order chi connectivity index (χ0) is 16.4. The number of Topliss-reactive ketones (excluding diaryl/α,β-unsaturated/α-hetero) is 1. The van der Waals surface area contributed by atoms with Crippen LogP contribution in [0.2, 0.25) is 0 Å². The summed E-state index contributed by atoms with van der Waals surface area (Å²) in [7, 11) is 1.08. The monoisotopic (exact) mass is 306 g/mol. The van der Waals surface area contributed by atoms with Gasteiger partial charge in [-0.3, -0.25) is 4.79 Å². The standard InChI is InChI=1S/C14H10O8/c1-6(15)7-3-4-10(21-12(7)17)8-5-9(11(16)20-2)14(19)22-13(8)18/h3-5,19H,1-2H3. The first-order chi connectivity index (χ1) is 10.3. The molecule has 0 saturated heterocycles. The Bertz CT molecular complexity index is 871. The molecule has 0 fully saturated rings. The Morgan fingerprint density at radius 3 is 2.32 bits per heavy atom. The lowest BCUT2D eigenvalue weighted by Gasteiger charge is -2.04. The predicted molar refractivity (Wildman–Crippen MR) is 72.0 cm³/mol. The molecule has 0 spiro atoms. The van der Waals surface area contributed by atoms with E-state index < -0.39 is 34.5 Å². The number of rotatable bonds is 3. The topological polar surface area (TPSA) is 124 Å². The van der Waals surface area contributed by atoms with Gasteiger partial charge in [0.2, 0.25) is 0 Å². The number of methoxy groups -OCH3 is 1. The third-order valence-corrected chi connectivity index (χ3v) is 2.80. The highest BCUT2D eigenvalue weighted by Crippen LogP contribution is 2.22. The van der Waals surface area contributed by atoms with Crippen LogP contribution in [-0.2, 0) is 4.74 Å². The molecular weight excluding hydrogens is 296 g/mol. The van der Waals surface area contributed by atoms with Crippen LogP contribution in [0, 0.1) is 0 Å². The number of ketones is 1. The normalized spacial score (nSPS) is 10.3. The molecule has 2 heterocycles. The van der Waals surface area contributed by atoms with Crippen LogP contribution in [-0.4, -0.2) is 24.0 Å². The summed E-state index contributed by atoms with van der Waals surface area (Å²) in [4.78, 5) is 46.0. The van der Waals surface area contributed by atoms with Crippen LogP contribution in [0.4, 0.5) is 0 Å². The SMILES string of the molecule is COC(=O)c1cc(-c2ccc(C(C)=O)c(=O)o2)c(=O)oc1O. The van der Waals surface area contributed by atoms with Gasteiger partial charge >= 0.3 is 17.2 Å². The van der Waals surface area contributed by atoms with Crippen molar-refractivity contribution in [2.24, 2.45) is 0 Å². The van der Waals surface area contributed by atoms with Crippen LogP contribution in [0.5, 0.6) is 5.95 Å². The van der Waals surface area contributed by atoms with E-state index in [0.717, 1.165) is 13.2 Å². The molecule has 0 atom stereocenters. The fourth-order valence-electron chi connectivity index (χ4n) is 1.71. The van der Waals surface area contributed by atoms with Crippen molar-refractivity contribution in [2.75, 3.05) is 7.11 Å². The van der Waals surface area contributed by atoms with Crippen molar-refractivity contribution in [3.8, 4) is 17.3 Å². The molecule has 0 aliphatic carbocycles. The first kappa shape index (κ1) is 15.2. The molecule has 8 nitrogen and oxygen atoms in total. The molecule has 22 heavy (non-hydrogen) atoms. The second kappa shape index (κ2) is 5.68. The lowest BCUT2D eigenvalue weighted by Crippen LogP contribution is -2.13. The summed E-state index contributed by atoms with van der Waals surface area (Å²) in [5, 5.41) is 9.43. The second-order valence-electron chi connectivity index (χ2n) is 4.21. The average molecular weight is 306 g/mol. The van der Waals surface area contributed by atoms with Crippen molar-refractivity contribution in [3.05, 3.63) is 50.2 Å². The number of esters is 1. The molecule has 0 aliphatic rings. The Kier molecular flexibility index (Phi) is 3.93. The smallest absolute Gasteiger partial charge is 0.349 e. The Hall–Kier alpha value is -3.16. The highest BCUT2D eigenvalue weighted by molar-refractivity contribution is 5.94. The third kappa shape index (κ3) is 2.66. The Morgan fingerprint density at radius 1 is 1.09 bits per heavy atom. The quantitative estimate of drug-likeness (QED) is 0.656. The summed E-state index contributed by atoms with van der Waals surface area (Å²) in [6.45, 7) is 1.19. The Morgan fingerprint density at radius 2 is 1.77 bits per heavy atom. The maximum Gasteiger partial charge on any atom is 0.349 e. The number of carbonyl (C=O) groups is 2. The molecule has 114 valence electrons. The van der Waals surface area contributed by atoms with E-state index in [0.29, 0.717) is 0 Å². The van der Waals surface area contributed by atoms with E-state index in [4.69, 9.17) is 4.42 Å². The second-order valence-corrected chi connectivity index (χ2v) is 4.21. The van der Waals surface area contributed by atoms with Gasteiger partial charge in [-0.05, 0) is 25.1 Å². The van der Waals surface area contributed by atoms with Crippen LogP contribution in [0.15, 0.2) is 36.6 Å². The number of aromatic hydroxyl groups is 1. The minimum absolute atomic E-state index is 0.180. The number of hydrogen-bond donors (Lipinski definition) is 1. The summed E-state index contributed by atoms with van der Waals surface area (Å²) in [5.74, 6) is -2.56. The predicted octanol–water partition coefficient (Wildman–Crippen LogP) is 0.955. The summed E-state index contributed by atoms with van der Waals surface area (Å²) in [6.07, 6.45) is 0. The van der Waals surface area contributed by atoms with Crippen LogP contribution in [0.1, 0.15) is 27.6 Å². The highest BCUT2D eigenvalue weighted by Gasteiger charge is 2.20. The first-order valence-electron chi connectivity index (χ1n) is 5.96. The Balaban J connectivity index is 2.65. The molecular formula is C14H10O8. The lowest BCUT2D eigenvalue weighted by atomic mass is 10.1. The fraction of sp³-hybridized carbons (Fsp3) is 0.143. The molecule has 2 aromatic rings. The lowest BCUT2D eigenvalue weighted by molar-refractivity contribution is 0.0591. The van der Waals surface area contributed by atoms with Crippen molar-refractivity contribution >= 4 is 11.8 Å². The molecule has 1 N–H and O–H groups in total. The maximum atomic E-state index is 11.7. The molecule has 2 aromatic heterocycles. The van der Waals surface area contributed by atoms with E-state index in [9.17, 15) is 24.3 Å². The van der Waals surface area contributed by atoms with Gasteiger partial charge in [-0.1, -0.05) is 0 Å². The molecule has 0 unspecified atom stereocenters. The van der Waals surface area contributed by atoms with Gasteiger partial charge in [-0.25, -0.2) is 14.4 Å². The van der Waals surface area contributed by atoms with Crippen molar-refractivity contribution in [1.82, 2.24) is 0 Å². The molecule has 8 heteroatoms. The van der Waals surface area contributed by atoms with Gasteiger partial charge in [0.25, 0.3) is 5.95 Å². The zero-order valence-electron chi connectivity index (χ0n) is 11.5. The molecule has 0 radical (unpaired) electrons. The maximum absolute atomic E-state index is 11.7. The molecule has 0 amide bonds. The van der Waals surface area contributed by atoms with Crippen molar-refractivity contribution in [2.45, 2.75) is 6.92 Å². The summed E-state index contributed by atoms with van der Waals surface area (Å²) < 4.78 is 13.8. The van der Waals surface area contributed by atoms with E-state index in [2.05, 4.69) is 9.15 Å². The molecule has 0 aromatic carbocycles. The van der Waals surface area contributed by atoms with Crippen LogP contribution < -0.4 is 11.3 Å². The van der Waals surface area contributed by atoms with E-state index >= 15 is 0 Å². The Labute approximate surface area is 122 Å². The van der Waals surface area contributed by atoms with Gasteiger partial charge in [0.05, 0.1) is 7.11 Å². The van der Waals surface area contributed by atoms with E-state index in [1.54, 1.807) is 0 Å². The average Bonchev–Trinajstić information content (AvgIpc) is 2.46. The third-order valence-electron chi connectivity index (χ3n) is 2.80. The minimum Gasteiger partial charge on any atom is -0.480 e. The number of carbonyl (C=O) groups excluding carboxylic acids is 2. The summed E-state index contributed by atoms with van der Waals surface area (Å²) in [6, 6.07) is 3.37. The van der Waals surface area contributed by atoms with Crippen molar-refractivity contribution < 1.29 is 28.3 Å². The van der Waals surface area contributed by atoms with Crippen molar-refractivity contribution in [1.29, 1.82) is 0 Å². The number of hydrogen-bond acceptors (Lipinski definition) is 8. The molecule has 0 saturated carbocycles. The van der Waals surface area contributed by atoms with E-state index in [1.807, 2.05) is 0 Å². The van der Waals surface area contributed by atoms with Crippen LogP contribution >= 0.6 is 0 Å². The molecule has 0 bridgehead atoms. The summed E-state index contributed by atoms with van der Waals surface area (Å²) in [5.41, 5.74) is -2.82. The van der Waals surface area contributed by atoms with Gasteiger partial charge in [0, 0.05) is 0 Å². The van der Waals surface area contributed by atoms with Crippen LogP contribution in [0.25, 0.3) is 11.3 Å². The molecule has 0 aliphatic heterocycles. The fourth-order valence-corrected chi connectivity index (χ4v) is 1.71. The van der Waals surface area contributed by atoms with Crippen molar-refractivity contribution in [3.63, 3.8) is 0 Å². The largest absolute Gasteiger partial charge is 0.480 e. The highest BCUT2D eigenvalue weighted by atomic mass is 16.5. The van der Waals surface area contributed by atoms with Gasteiger partial charge in [-0.15, -0.1) is 0 Å². The zero-order valence-corrected chi connectivity index (χ0v) is 11.5. The number of ether oxygens (including phenoxy) is 1. The summed E-state index contributed by atoms with van der Waals surface area (Å²) >= 11 is 0. The van der Waals surface area contributed by atoms with E-state index in [1.165, 1.54) is 19.1 Å². The van der Waals surface area contributed by atoms with Gasteiger partial charge in [0.15, 0.2) is 5.78 Å². The van der Waals surface area contributed by atoms with Crippen LogP contribution in [0.3, 0.4) is 0 Å². The van der Waals surface area contributed by atoms with E-state index in [-0.39, 0.29) is 16.9 Å². The first-order valence-corrected chi connectivity index (χ1v) is 5.96. The van der Waals surface area contributed by atoms with Gasteiger partial charge in [0.1, 0.15) is 22.5 Å². The van der Waals surface area contributed by atoms with Gasteiger partial charge in [-0.2, -0.15) is 0 Å².